The molecule has 1 aromatic rings. The van der Waals surface area contributed by atoms with E-state index in [-0.39, 0.29) is 17.9 Å². The minimum atomic E-state index is -0.346. The van der Waals surface area contributed by atoms with Crippen molar-refractivity contribution in [2.24, 2.45) is 0 Å². The summed E-state index contributed by atoms with van der Waals surface area (Å²) in [6.45, 7) is 5.37. The highest BCUT2D eigenvalue weighted by Gasteiger charge is 2.20. The Morgan fingerprint density at radius 3 is 2.62 bits per heavy atom. The molecule has 0 bridgehead atoms. The lowest BCUT2D eigenvalue weighted by Crippen LogP contribution is -2.44. The molecule has 0 atom stereocenters. The van der Waals surface area contributed by atoms with Crippen molar-refractivity contribution < 1.29 is 14.3 Å². The zero-order valence-corrected chi connectivity index (χ0v) is 12.5. The predicted molar refractivity (Wildman–Crippen MR) is 79.2 cm³/mol. The summed E-state index contributed by atoms with van der Waals surface area (Å²) in [5.74, 6) is 0.524. The minimum Gasteiger partial charge on any atom is -0.462 e. The zero-order chi connectivity index (χ0) is 15.2. The molecule has 0 radical (unpaired) electrons. The third-order valence-corrected chi connectivity index (χ3v) is 3.49. The average Bonchev–Trinajstić information content (AvgIpc) is 2.48. The van der Waals surface area contributed by atoms with Gasteiger partial charge in [0.2, 0.25) is 5.91 Å². The number of piperidine rings is 1. The Balaban J connectivity index is 1.92. The number of nitrogens with zero attached hydrogens (tertiary/aromatic N) is 2. The second-order valence-electron chi connectivity index (χ2n) is 5.09. The summed E-state index contributed by atoms with van der Waals surface area (Å²) in [4.78, 5) is 29.1. The van der Waals surface area contributed by atoms with Gasteiger partial charge in [-0.1, -0.05) is 0 Å². The highest BCUT2D eigenvalue weighted by Crippen LogP contribution is 2.18. The first-order valence-corrected chi connectivity index (χ1v) is 7.25. The van der Waals surface area contributed by atoms with E-state index in [0.717, 1.165) is 31.7 Å². The van der Waals surface area contributed by atoms with Crippen LogP contribution in [-0.4, -0.2) is 42.6 Å². The van der Waals surface area contributed by atoms with E-state index in [1.807, 2.05) is 6.07 Å². The molecule has 0 aliphatic carbocycles. The molecule has 2 heterocycles. The molecule has 2 rings (SSSR count). The Bertz CT molecular complexity index is 493. The smallest absolute Gasteiger partial charge is 0.339 e. The molecular weight excluding hydrogens is 270 g/mol. The quantitative estimate of drug-likeness (QED) is 0.848. The van der Waals surface area contributed by atoms with E-state index in [1.165, 1.54) is 0 Å². The van der Waals surface area contributed by atoms with Gasteiger partial charge in [0.15, 0.2) is 0 Å². The van der Waals surface area contributed by atoms with Crippen molar-refractivity contribution in [3.8, 4) is 0 Å². The molecular formula is C15H21N3O3. The van der Waals surface area contributed by atoms with Gasteiger partial charge in [0.05, 0.1) is 12.2 Å². The van der Waals surface area contributed by atoms with Gasteiger partial charge < -0.3 is 15.0 Å². The van der Waals surface area contributed by atoms with Crippen LogP contribution >= 0.6 is 0 Å². The summed E-state index contributed by atoms with van der Waals surface area (Å²) in [5, 5.41) is 2.94. The maximum absolute atomic E-state index is 11.6. The molecule has 1 N–H and O–H groups in total. The number of aromatic nitrogens is 1. The van der Waals surface area contributed by atoms with E-state index >= 15 is 0 Å². The summed E-state index contributed by atoms with van der Waals surface area (Å²) < 4.78 is 4.93. The molecule has 0 unspecified atom stereocenters. The molecule has 1 saturated heterocycles. The maximum atomic E-state index is 11.6. The van der Waals surface area contributed by atoms with Gasteiger partial charge in [-0.3, -0.25) is 4.79 Å². The molecule has 1 fully saturated rings. The Morgan fingerprint density at radius 2 is 2.10 bits per heavy atom. The number of rotatable bonds is 4. The fraction of sp³-hybridized carbons (Fsp3) is 0.533. The summed E-state index contributed by atoms with van der Waals surface area (Å²) in [6, 6.07) is 3.82. The second kappa shape index (κ2) is 7.06. The predicted octanol–water partition coefficient (Wildman–Crippen LogP) is 1.36. The van der Waals surface area contributed by atoms with Crippen molar-refractivity contribution in [2.75, 3.05) is 24.6 Å². The summed E-state index contributed by atoms with van der Waals surface area (Å²) in [6.07, 6.45) is 3.36. The molecule has 1 aliphatic heterocycles. The molecule has 6 nitrogen and oxygen atoms in total. The minimum absolute atomic E-state index is 0.0189. The van der Waals surface area contributed by atoms with Crippen LogP contribution in [0.1, 0.15) is 37.0 Å². The monoisotopic (exact) mass is 291 g/mol. The van der Waals surface area contributed by atoms with Crippen molar-refractivity contribution in [2.45, 2.75) is 32.7 Å². The fourth-order valence-electron chi connectivity index (χ4n) is 2.45. The number of hydrogen-bond donors (Lipinski definition) is 1. The number of carbonyl (C=O) groups excluding carboxylic acids is 2. The van der Waals surface area contributed by atoms with Crippen LogP contribution in [0, 0.1) is 0 Å². The number of anilines is 1. The number of amides is 1. The zero-order valence-electron chi connectivity index (χ0n) is 12.5. The topological polar surface area (TPSA) is 71.5 Å². The van der Waals surface area contributed by atoms with E-state index in [9.17, 15) is 9.59 Å². The molecule has 0 spiro atoms. The lowest BCUT2D eigenvalue weighted by Gasteiger charge is -2.33. The first-order valence-electron chi connectivity index (χ1n) is 7.25. The van der Waals surface area contributed by atoms with Gasteiger partial charge in [-0.25, -0.2) is 9.78 Å². The van der Waals surface area contributed by atoms with Crippen LogP contribution in [0.2, 0.25) is 0 Å². The molecule has 0 aromatic carbocycles. The van der Waals surface area contributed by atoms with Gasteiger partial charge in [-0.15, -0.1) is 0 Å². The molecule has 6 heteroatoms. The molecule has 0 saturated carbocycles. The number of carbonyl (C=O) groups is 2. The number of pyridine rings is 1. The van der Waals surface area contributed by atoms with Gasteiger partial charge in [0.25, 0.3) is 0 Å². The van der Waals surface area contributed by atoms with Crippen LogP contribution in [0.25, 0.3) is 0 Å². The highest BCUT2D eigenvalue weighted by molar-refractivity contribution is 5.89. The molecule has 1 aromatic heterocycles. The molecule has 1 amide bonds. The van der Waals surface area contributed by atoms with Gasteiger partial charge in [-0.2, -0.15) is 0 Å². The van der Waals surface area contributed by atoms with E-state index in [1.54, 1.807) is 26.1 Å². The SMILES string of the molecule is CCOC(=O)c1ccc(N2CCC(NC(C)=O)CC2)nc1. The third kappa shape index (κ3) is 4.18. The van der Waals surface area contributed by atoms with Crippen molar-refractivity contribution in [3.05, 3.63) is 23.9 Å². The number of ether oxygens (including phenoxy) is 1. The van der Waals surface area contributed by atoms with Crippen LogP contribution in [0.15, 0.2) is 18.3 Å². The Hall–Kier alpha value is -2.11. The van der Waals surface area contributed by atoms with Crippen LogP contribution in [0.4, 0.5) is 5.82 Å². The Kier molecular flexibility index (Phi) is 5.14. The van der Waals surface area contributed by atoms with Crippen molar-refractivity contribution in [1.82, 2.24) is 10.3 Å². The van der Waals surface area contributed by atoms with Gasteiger partial charge in [0, 0.05) is 32.3 Å². The lowest BCUT2D eigenvalue weighted by atomic mass is 10.1. The van der Waals surface area contributed by atoms with Crippen LogP contribution in [-0.2, 0) is 9.53 Å². The summed E-state index contributed by atoms with van der Waals surface area (Å²) in [7, 11) is 0. The summed E-state index contributed by atoms with van der Waals surface area (Å²) >= 11 is 0. The average molecular weight is 291 g/mol. The number of esters is 1. The normalized spacial score (nSPS) is 15.6. The Morgan fingerprint density at radius 1 is 1.38 bits per heavy atom. The first kappa shape index (κ1) is 15.3. The maximum Gasteiger partial charge on any atom is 0.339 e. The van der Waals surface area contributed by atoms with E-state index < -0.39 is 0 Å². The van der Waals surface area contributed by atoms with E-state index in [0.29, 0.717) is 12.2 Å². The summed E-state index contributed by atoms with van der Waals surface area (Å²) in [5.41, 5.74) is 0.466. The van der Waals surface area contributed by atoms with Crippen molar-refractivity contribution in [1.29, 1.82) is 0 Å². The van der Waals surface area contributed by atoms with Crippen LogP contribution < -0.4 is 10.2 Å². The van der Waals surface area contributed by atoms with E-state index in [2.05, 4.69) is 15.2 Å². The first-order chi connectivity index (χ1) is 10.1. The third-order valence-electron chi connectivity index (χ3n) is 3.49. The largest absolute Gasteiger partial charge is 0.462 e. The van der Waals surface area contributed by atoms with Gasteiger partial charge in [-0.05, 0) is 31.9 Å². The second-order valence-corrected chi connectivity index (χ2v) is 5.09. The lowest BCUT2D eigenvalue weighted by molar-refractivity contribution is -0.119. The molecule has 21 heavy (non-hydrogen) atoms. The van der Waals surface area contributed by atoms with Crippen LogP contribution in [0.5, 0.6) is 0 Å². The van der Waals surface area contributed by atoms with Crippen LogP contribution in [0.3, 0.4) is 0 Å². The fourth-order valence-corrected chi connectivity index (χ4v) is 2.45. The van der Waals surface area contributed by atoms with Gasteiger partial charge in [0.1, 0.15) is 5.82 Å². The Labute approximate surface area is 124 Å². The highest BCUT2D eigenvalue weighted by atomic mass is 16.5. The van der Waals surface area contributed by atoms with Crippen molar-refractivity contribution >= 4 is 17.7 Å². The molecule has 1 aliphatic rings. The van der Waals surface area contributed by atoms with Crippen molar-refractivity contribution in [3.63, 3.8) is 0 Å². The standard InChI is InChI=1S/C15H21N3O3/c1-3-21-15(20)12-4-5-14(16-10-12)18-8-6-13(7-9-18)17-11(2)19/h4-5,10,13H,3,6-9H2,1-2H3,(H,17,19). The molecule has 114 valence electrons. The van der Waals surface area contributed by atoms with Gasteiger partial charge >= 0.3 is 5.97 Å². The number of hydrogen-bond acceptors (Lipinski definition) is 5. The van der Waals surface area contributed by atoms with E-state index in [4.69, 9.17) is 4.74 Å². The number of nitrogens with one attached hydrogen (secondary N) is 1.